The fourth-order valence-electron chi connectivity index (χ4n) is 2.16. The highest BCUT2D eigenvalue weighted by Gasteiger charge is 2.07. The van der Waals surface area contributed by atoms with Gasteiger partial charge in [0.05, 0.1) is 0 Å². The van der Waals surface area contributed by atoms with Gasteiger partial charge in [0, 0.05) is 17.3 Å². The van der Waals surface area contributed by atoms with Crippen molar-refractivity contribution in [3.05, 3.63) is 65.7 Å². The number of carbonyl (C=O) groups is 1. The molecule has 3 nitrogen and oxygen atoms in total. The Kier molecular flexibility index (Phi) is 4.77. The van der Waals surface area contributed by atoms with Gasteiger partial charge in [-0.15, -0.1) is 0 Å². The summed E-state index contributed by atoms with van der Waals surface area (Å²) >= 11 is 0. The second-order valence-corrected chi connectivity index (χ2v) is 4.88. The molecule has 2 aromatic carbocycles. The lowest BCUT2D eigenvalue weighted by Gasteiger charge is -2.18. The number of anilines is 1. The average molecular weight is 268 g/mol. The van der Waals surface area contributed by atoms with Gasteiger partial charge in [0.1, 0.15) is 0 Å². The van der Waals surface area contributed by atoms with Crippen LogP contribution in [0.2, 0.25) is 0 Å². The maximum atomic E-state index is 11.0. The van der Waals surface area contributed by atoms with Crippen molar-refractivity contribution in [3.8, 4) is 0 Å². The molecule has 0 fully saturated rings. The van der Waals surface area contributed by atoms with Crippen LogP contribution in [-0.2, 0) is 6.42 Å². The highest BCUT2D eigenvalue weighted by atomic mass is 16.1. The maximum Gasteiger partial charge on any atom is 0.248 e. The lowest BCUT2D eigenvalue weighted by Crippen LogP contribution is -2.21. The molecule has 20 heavy (non-hydrogen) atoms. The van der Waals surface area contributed by atoms with Gasteiger partial charge in [0.2, 0.25) is 5.91 Å². The summed E-state index contributed by atoms with van der Waals surface area (Å²) in [6, 6.07) is 18.1. The van der Waals surface area contributed by atoms with E-state index in [0.29, 0.717) is 11.6 Å². The highest BCUT2D eigenvalue weighted by Crippen LogP contribution is 2.14. The molecule has 104 valence electrons. The quantitative estimate of drug-likeness (QED) is 0.845. The van der Waals surface area contributed by atoms with E-state index in [4.69, 9.17) is 5.73 Å². The third-order valence-electron chi connectivity index (χ3n) is 3.36. The second-order valence-electron chi connectivity index (χ2n) is 4.88. The first-order valence-corrected chi connectivity index (χ1v) is 6.89. The molecule has 0 aliphatic heterocycles. The minimum Gasteiger partial charge on any atom is -0.382 e. The van der Waals surface area contributed by atoms with Gasteiger partial charge < -0.3 is 11.1 Å². The molecule has 1 amide bonds. The van der Waals surface area contributed by atoms with Crippen LogP contribution in [0.15, 0.2) is 54.6 Å². The Labute approximate surface area is 119 Å². The number of nitrogens with one attached hydrogen (secondary N) is 1. The van der Waals surface area contributed by atoms with Crippen molar-refractivity contribution < 1.29 is 4.79 Å². The summed E-state index contributed by atoms with van der Waals surface area (Å²) in [5.41, 5.74) is 8.10. The molecular weight excluding hydrogens is 248 g/mol. The van der Waals surface area contributed by atoms with Crippen LogP contribution in [0.3, 0.4) is 0 Å². The Hall–Kier alpha value is -2.29. The predicted octanol–water partition coefficient (Wildman–Crippen LogP) is 3.22. The van der Waals surface area contributed by atoms with Crippen LogP contribution in [0.4, 0.5) is 5.69 Å². The van der Waals surface area contributed by atoms with Crippen LogP contribution >= 0.6 is 0 Å². The highest BCUT2D eigenvalue weighted by molar-refractivity contribution is 5.93. The third-order valence-corrected chi connectivity index (χ3v) is 3.36. The van der Waals surface area contributed by atoms with E-state index in [0.717, 1.165) is 18.5 Å². The Bertz CT molecular complexity index is 549. The lowest BCUT2D eigenvalue weighted by atomic mass is 10.0. The standard InChI is InChI=1S/C17H20N2O/c1-2-15(12-13-6-4-3-5-7-13)19-16-10-8-14(9-11-16)17(18)20/h3-11,15,19H,2,12H2,1H3,(H2,18,20). The van der Waals surface area contributed by atoms with E-state index in [1.54, 1.807) is 12.1 Å². The van der Waals surface area contributed by atoms with Crippen LogP contribution in [0, 0.1) is 0 Å². The molecule has 0 bridgehead atoms. The summed E-state index contributed by atoms with van der Waals surface area (Å²) in [5, 5.41) is 3.49. The zero-order valence-corrected chi connectivity index (χ0v) is 11.7. The minimum absolute atomic E-state index is 0.372. The van der Waals surface area contributed by atoms with E-state index in [1.165, 1.54) is 5.56 Å². The summed E-state index contributed by atoms with van der Waals surface area (Å²) in [5.74, 6) is -0.395. The summed E-state index contributed by atoms with van der Waals surface area (Å²) in [6.07, 6.45) is 2.02. The van der Waals surface area contributed by atoms with Gasteiger partial charge in [0.15, 0.2) is 0 Å². The fourth-order valence-corrected chi connectivity index (χ4v) is 2.16. The van der Waals surface area contributed by atoms with Crippen LogP contribution in [0.25, 0.3) is 0 Å². The van der Waals surface area contributed by atoms with Gasteiger partial charge in [-0.1, -0.05) is 37.3 Å². The molecule has 0 aromatic heterocycles. The number of nitrogens with two attached hydrogens (primary N) is 1. The average Bonchev–Trinajstić information content (AvgIpc) is 2.48. The Morgan fingerprint density at radius 3 is 2.30 bits per heavy atom. The van der Waals surface area contributed by atoms with Crippen molar-refractivity contribution in [2.75, 3.05) is 5.32 Å². The van der Waals surface area contributed by atoms with E-state index >= 15 is 0 Å². The zero-order valence-electron chi connectivity index (χ0n) is 11.7. The van der Waals surface area contributed by atoms with Crippen LogP contribution < -0.4 is 11.1 Å². The van der Waals surface area contributed by atoms with Crippen LogP contribution in [0.5, 0.6) is 0 Å². The number of primary amides is 1. The van der Waals surface area contributed by atoms with Gasteiger partial charge in [-0.3, -0.25) is 4.79 Å². The zero-order chi connectivity index (χ0) is 14.4. The number of hydrogen-bond donors (Lipinski definition) is 2. The van der Waals surface area contributed by atoms with E-state index in [1.807, 2.05) is 18.2 Å². The third kappa shape index (κ3) is 3.85. The smallest absolute Gasteiger partial charge is 0.248 e. The predicted molar refractivity (Wildman–Crippen MR) is 82.8 cm³/mol. The van der Waals surface area contributed by atoms with Gasteiger partial charge in [0.25, 0.3) is 0 Å². The molecule has 0 heterocycles. The summed E-state index contributed by atoms with van der Waals surface area (Å²) in [6.45, 7) is 2.17. The van der Waals surface area contributed by atoms with Gasteiger partial charge in [-0.25, -0.2) is 0 Å². The van der Waals surface area contributed by atoms with Gasteiger partial charge in [-0.05, 0) is 42.7 Å². The number of benzene rings is 2. The van der Waals surface area contributed by atoms with Crippen molar-refractivity contribution in [1.29, 1.82) is 0 Å². The molecule has 2 rings (SSSR count). The van der Waals surface area contributed by atoms with E-state index < -0.39 is 5.91 Å². The summed E-state index contributed by atoms with van der Waals surface area (Å²) in [7, 11) is 0. The van der Waals surface area contributed by atoms with E-state index in [-0.39, 0.29) is 0 Å². The number of rotatable bonds is 6. The first-order chi connectivity index (χ1) is 9.69. The van der Waals surface area contributed by atoms with Crippen LogP contribution in [0.1, 0.15) is 29.3 Å². The van der Waals surface area contributed by atoms with Crippen molar-refractivity contribution in [2.45, 2.75) is 25.8 Å². The molecule has 3 N–H and O–H groups in total. The number of carbonyl (C=O) groups excluding carboxylic acids is 1. The molecule has 0 saturated carbocycles. The molecular formula is C17H20N2O. The lowest BCUT2D eigenvalue weighted by molar-refractivity contribution is 0.100. The molecule has 1 atom stereocenters. The molecule has 0 saturated heterocycles. The first kappa shape index (κ1) is 14.1. The molecule has 0 aliphatic rings. The largest absolute Gasteiger partial charge is 0.382 e. The SMILES string of the molecule is CCC(Cc1ccccc1)Nc1ccc(C(N)=O)cc1. The molecule has 3 heteroatoms. The minimum atomic E-state index is -0.395. The monoisotopic (exact) mass is 268 g/mol. The molecule has 0 aliphatic carbocycles. The normalized spacial score (nSPS) is 11.8. The molecule has 0 spiro atoms. The fraction of sp³-hybridized carbons (Fsp3) is 0.235. The number of amides is 1. The molecule has 2 aromatic rings. The van der Waals surface area contributed by atoms with Crippen molar-refractivity contribution >= 4 is 11.6 Å². The maximum absolute atomic E-state index is 11.0. The Morgan fingerprint density at radius 1 is 1.10 bits per heavy atom. The Morgan fingerprint density at radius 2 is 1.75 bits per heavy atom. The number of hydrogen-bond acceptors (Lipinski definition) is 2. The topological polar surface area (TPSA) is 55.1 Å². The summed E-state index contributed by atoms with van der Waals surface area (Å²) in [4.78, 5) is 11.0. The summed E-state index contributed by atoms with van der Waals surface area (Å²) < 4.78 is 0. The second kappa shape index (κ2) is 6.75. The van der Waals surface area contributed by atoms with Gasteiger partial charge in [-0.2, -0.15) is 0 Å². The van der Waals surface area contributed by atoms with Crippen molar-refractivity contribution in [2.24, 2.45) is 5.73 Å². The van der Waals surface area contributed by atoms with E-state index in [9.17, 15) is 4.79 Å². The first-order valence-electron chi connectivity index (χ1n) is 6.89. The Balaban J connectivity index is 2.01. The van der Waals surface area contributed by atoms with Gasteiger partial charge >= 0.3 is 0 Å². The van der Waals surface area contributed by atoms with E-state index in [2.05, 4.69) is 36.5 Å². The van der Waals surface area contributed by atoms with Crippen molar-refractivity contribution in [3.63, 3.8) is 0 Å². The molecule has 0 radical (unpaired) electrons. The van der Waals surface area contributed by atoms with Crippen molar-refractivity contribution in [1.82, 2.24) is 0 Å². The molecule has 1 unspecified atom stereocenters. The van der Waals surface area contributed by atoms with Crippen LogP contribution in [-0.4, -0.2) is 11.9 Å².